The molecule has 3 unspecified atom stereocenters. The van der Waals surface area contributed by atoms with E-state index >= 15 is 0 Å². The molecule has 0 bridgehead atoms. The van der Waals surface area contributed by atoms with E-state index in [1.807, 2.05) is 0 Å². The molecule has 3 aliphatic rings. The molecule has 1 aliphatic heterocycles. The number of rotatable bonds is 5. The Kier molecular flexibility index (Phi) is 3.85. The summed E-state index contributed by atoms with van der Waals surface area (Å²) in [6.45, 7) is 1.68. The average Bonchev–Trinajstić information content (AvgIpc) is 2.86. The maximum Gasteiger partial charge on any atom is 0.234 e. The molecular weight excluding hydrogens is 226 g/mol. The van der Waals surface area contributed by atoms with Gasteiger partial charge in [0, 0.05) is 18.1 Å². The van der Waals surface area contributed by atoms with Gasteiger partial charge in [-0.25, -0.2) is 0 Å². The van der Waals surface area contributed by atoms with E-state index in [9.17, 15) is 4.79 Å². The summed E-state index contributed by atoms with van der Waals surface area (Å²) in [5.41, 5.74) is 0. The third kappa shape index (κ3) is 3.04. The fourth-order valence-corrected chi connectivity index (χ4v) is 3.53. The van der Waals surface area contributed by atoms with Crippen molar-refractivity contribution in [3.63, 3.8) is 0 Å². The van der Waals surface area contributed by atoms with Crippen molar-refractivity contribution in [1.82, 2.24) is 16.0 Å². The second kappa shape index (κ2) is 5.57. The number of hydrogen-bond acceptors (Lipinski definition) is 3. The Morgan fingerprint density at radius 3 is 2.72 bits per heavy atom. The molecule has 3 fully saturated rings. The van der Waals surface area contributed by atoms with Crippen LogP contribution in [-0.2, 0) is 4.79 Å². The largest absolute Gasteiger partial charge is 0.352 e. The molecule has 0 aromatic carbocycles. The highest BCUT2D eigenvalue weighted by Gasteiger charge is 2.35. The molecular formula is C14H25N3O. The minimum Gasteiger partial charge on any atom is -0.352 e. The molecule has 3 atom stereocenters. The highest BCUT2D eigenvalue weighted by Crippen LogP contribution is 2.31. The fourth-order valence-electron chi connectivity index (χ4n) is 3.53. The maximum atomic E-state index is 11.7. The lowest BCUT2D eigenvalue weighted by molar-refractivity contribution is -0.120. The summed E-state index contributed by atoms with van der Waals surface area (Å²) in [7, 11) is 0. The monoisotopic (exact) mass is 251 g/mol. The van der Waals surface area contributed by atoms with E-state index in [0.29, 0.717) is 24.7 Å². The fraction of sp³-hybridized carbons (Fsp3) is 0.929. The molecule has 4 nitrogen and oxygen atoms in total. The van der Waals surface area contributed by atoms with Crippen LogP contribution in [0.2, 0.25) is 0 Å². The van der Waals surface area contributed by atoms with Crippen LogP contribution >= 0.6 is 0 Å². The molecule has 18 heavy (non-hydrogen) atoms. The zero-order valence-corrected chi connectivity index (χ0v) is 11.1. The molecule has 2 saturated carbocycles. The molecule has 102 valence electrons. The molecule has 0 aromatic heterocycles. The summed E-state index contributed by atoms with van der Waals surface area (Å²) in [5.74, 6) is 0.920. The van der Waals surface area contributed by atoms with E-state index in [-0.39, 0.29) is 5.91 Å². The van der Waals surface area contributed by atoms with Gasteiger partial charge in [0.1, 0.15) is 0 Å². The summed E-state index contributed by atoms with van der Waals surface area (Å²) in [6.07, 6.45) is 8.84. The SMILES string of the molecule is O=C(CNC1CCCC1C1CCCN1)NC1CC1. The van der Waals surface area contributed by atoms with Crippen LogP contribution in [-0.4, -0.2) is 37.1 Å². The van der Waals surface area contributed by atoms with E-state index in [0.717, 1.165) is 5.92 Å². The lowest BCUT2D eigenvalue weighted by Gasteiger charge is -2.26. The summed E-state index contributed by atoms with van der Waals surface area (Å²) in [5, 5.41) is 10.2. The minimum absolute atomic E-state index is 0.183. The first kappa shape index (κ1) is 12.4. The number of carbonyl (C=O) groups is 1. The molecule has 3 N–H and O–H groups in total. The maximum absolute atomic E-state index is 11.7. The molecule has 0 radical (unpaired) electrons. The van der Waals surface area contributed by atoms with Crippen LogP contribution in [0.25, 0.3) is 0 Å². The molecule has 1 heterocycles. The molecule has 1 amide bonds. The quantitative estimate of drug-likeness (QED) is 0.677. The molecule has 4 heteroatoms. The van der Waals surface area contributed by atoms with Gasteiger partial charge in [-0.2, -0.15) is 0 Å². The Morgan fingerprint density at radius 1 is 1.11 bits per heavy atom. The van der Waals surface area contributed by atoms with Gasteiger partial charge in [0.25, 0.3) is 0 Å². The molecule has 0 aromatic rings. The van der Waals surface area contributed by atoms with Gasteiger partial charge in [0.2, 0.25) is 5.91 Å². The third-order valence-electron chi connectivity index (χ3n) is 4.65. The number of hydrogen-bond donors (Lipinski definition) is 3. The predicted molar refractivity (Wildman–Crippen MR) is 71.3 cm³/mol. The van der Waals surface area contributed by atoms with Gasteiger partial charge in [-0.3, -0.25) is 4.79 Å². The van der Waals surface area contributed by atoms with Crippen molar-refractivity contribution < 1.29 is 4.79 Å². The number of carbonyl (C=O) groups excluding carboxylic acids is 1. The van der Waals surface area contributed by atoms with Crippen LogP contribution in [0.3, 0.4) is 0 Å². The molecule has 3 rings (SSSR count). The minimum atomic E-state index is 0.183. The Balaban J connectivity index is 1.43. The third-order valence-corrected chi connectivity index (χ3v) is 4.65. The van der Waals surface area contributed by atoms with Crippen LogP contribution in [0.1, 0.15) is 44.9 Å². The van der Waals surface area contributed by atoms with Gasteiger partial charge in [-0.15, -0.1) is 0 Å². The predicted octanol–water partition coefficient (Wildman–Crippen LogP) is 0.775. The Hall–Kier alpha value is -0.610. The van der Waals surface area contributed by atoms with Crippen molar-refractivity contribution in [3.8, 4) is 0 Å². The highest BCUT2D eigenvalue weighted by atomic mass is 16.2. The number of nitrogens with one attached hydrogen (secondary N) is 3. The van der Waals surface area contributed by atoms with Gasteiger partial charge in [-0.05, 0) is 51.0 Å². The molecule has 0 spiro atoms. The van der Waals surface area contributed by atoms with E-state index in [1.165, 1.54) is 51.5 Å². The Labute approximate surface area is 109 Å². The topological polar surface area (TPSA) is 53.2 Å². The van der Waals surface area contributed by atoms with Gasteiger partial charge in [0.15, 0.2) is 0 Å². The van der Waals surface area contributed by atoms with Crippen molar-refractivity contribution in [2.24, 2.45) is 5.92 Å². The van der Waals surface area contributed by atoms with Crippen molar-refractivity contribution in [3.05, 3.63) is 0 Å². The number of amides is 1. The lowest BCUT2D eigenvalue weighted by Crippen LogP contribution is -2.45. The Bertz CT molecular complexity index is 297. The first-order valence-electron chi connectivity index (χ1n) is 7.59. The first-order valence-corrected chi connectivity index (χ1v) is 7.59. The second-order valence-corrected chi connectivity index (χ2v) is 6.13. The van der Waals surface area contributed by atoms with Gasteiger partial charge in [-0.1, -0.05) is 6.42 Å². The summed E-state index contributed by atoms with van der Waals surface area (Å²) < 4.78 is 0. The van der Waals surface area contributed by atoms with E-state index in [1.54, 1.807) is 0 Å². The summed E-state index contributed by atoms with van der Waals surface area (Å²) in [6, 6.07) is 1.72. The van der Waals surface area contributed by atoms with E-state index in [4.69, 9.17) is 0 Å². The standard InChI is InChI=1S/C14H25N3O/c18-14(17-10-6-7-10)9-16-13-4-1-3-11(13)12-5-2-8-15-12/h10-13,15-16H,1-9H2,(H,17,18). The van der Waals surface area contributed by atoms with E-state index < -0.39 is 0 Å². The van der Waals surface area contributed by atoms with Crippen molar-refractivity contribution in [1.29, 1.82) is 0 Å². The molecule has 1 saturated heterocycles. The van der Waals surface area contributed by atoms with Gasteiger partial charge < -0.3 is 16.0 Å². The Morgan fingerprint density at radius 2 is 2.00 bits per heavy atom. The molecule has 2 aliphatic carbocycles. The van der Waals surface area contributed by atoms with Crippen LogP contribution in [0.5, 0.6) is 0 Å². The summed E-state index contributed by atoms with van der Waals surface area (Å²) >= 11 is 0. The first-order chi connectivity index (χ1) is 8.83. The van der Waals surface area contributed by atoms with Crippen LogP contribution in [0.4, 0.5) is 0 Å². The second-order valence-electron chi connectivity index (χ2n) is 6.13. The smallest absolute Gasteiger partial charge is 0.234 e. The normalized spacial score (nSPS) is 35.9. The zero-order valence-electron chi connectivity index (χ0n) is 11.1. The average molecular weight is 251 g/mol. The zero-order chi connectivity index (χ0) is 12.4. The van der Waals surface area contributed by atoms with Crippen molar-refractivity contribution in [2.45, 2.75) is 63.1 Å². The van der Waals surface area contributed by atoms with Gasteiger partial charge >= 0.3 is 0 Å². The van der Waals surface area contributed by atoms with Gasteiger partial charge in [0.05, 0.1) is 6.54 Å². The van der Waals surface area contributed by atoms with Crippen molar-refractivity contribution >= 4 is 5.91 Å². The van der Waals surface area contributed by atoms with Crippen LogP contribution < -0.4 is 16.0 Å². The van der Waals surface area contributed by atoms with E-state index in [2.05, 4.69) is 16.0 Å². The van der Waals surface area contributed by atoms with Crippen LogP contribution in [0.15, 0.2) is 0 Å². The highest BCUT2D eigenvalue weighted by molar-refractivity contribution is 5.78. The summed E-state index contributed by atoms with van der Waals surface area (Å²) in [4.78, 5) is 11.7. The lowest BCUT2D eigenvalue weighted by atomic mass is 9.93. The van der Waals surface area contributed by atoms with Crippen LogP contribution in [0, 0.1) is 5.92 Å². The van der Waals surface area contributed by atoms with Crippen molar-refractivity contribution in [2.75, 3.05) is 13.1 Å².